The number of hydrogen-bond donors (Lipinski definition) is 1. The Labute approximate surface area is 95.1 Å². The molecule has 0 aliphatic heterocycles. The Morgan fingerprint density at radius 1 is 1.50 bits per heavy atom. The summed E-state index contributed by atoms with van der Waals surface area (Å²) in [6.45, 7) is 5.18. The molecular weight excluding hydrogens is 210 g/mol. The molecule has 1 atom stereocenters. The lowest BCUT2D eigenvalue weighted by molar-refractivity contribution is 0.0867. The second kappa shape index (κ2) is 5.93. The summed E-state index contributed by atoms with van der Waals surface area (Å²) in [6, 6.07) is 0. The molecule has 1 aromatic rings. The minimum atomic E-state index is -0.731. The van der Waals surface area contributed by atoms with Gasteiger partial charge in [-0.1, -0.05) is 12.1 Å². The zero-order valence-electron chi connectivity index (χ0n) is 10.0. The molecule has 1 rings (SSSR count). The molecule has 92 valence electrons. The summed E-state index contributed by atoms with van der Waals surface area (Å²) in [6.07, 6.45) is 0.956. The average molecular weight is 229 g/mol. The molecule has 0 amide bonds. The largest absolute Gasteiger partial charge is 0.379 e. The van der Waals surface area contributed by atoms with E-state index in [0.717, 1.165) is 6.42 Å². The minimum Gasteiger partial charge on any atom is -0.379 e. The maximum atomic E-state index is 6.04. The van der Waals surface area contributed by atoms with Crippen molar-refractivity contribution in [3.05, 3.63) is 11.7 Å². The number of hydrogen-bond acceptors (Lipinski definition) is 6. The van der Waals surface area contributed by atoms with Crippen molar-refractivity contribution in [3.8, 4) is 0 Å². The number of aromatic nitrogens is 2. The molecule has 6 nitrogen and oxygen atoms in total. The van der Waals surface area contributed by atoms with E-state index in [-0.39, 0.29) is 0 Å². The molecule has 1 unspecified atom stereocenters. The number of nitrogens with zero attached hydrogens (tertiary/aromatic N) is 2. The first-order valence-electron chi connectivity index (χ1n) is 5.28. The van der Waals surface area contributed by atoms with Gasteiger partial charge in [-0.25, -0.2) is 0 Å². The van der Waals surface area contributed by atoms with E-state index in [1.807, 2.05) is 13.8 Å². The van der Waals surface area contributed by atoms with E-state index < -0.39 is 5.54 Å². The van der Waals surface area contributed by atoms with Gasteiger partial charge in [-0.15, -0.1) is 0 Å². The molecule has 0 saturated carbocycles. The van der Waals surface area contributed by atoms with Gasteiger partial charge in [-0.05, 0) is 13.3 Å². The van der Waals surface area contributed by atoms with Crippen molar-refractivity contribution < 1.29 is 14.0 Å². The summed E-state index contributed by atoms with van der Waals surface area (Å²) in [5.74, 6) is 0.861. The third-order valence-corrected chi connectivity index (χ3v) is 2.00. The quantitative estimate of drug-likeness (QED) is 0.697. The molecule has 0 bridgehead atoms. The third-order valence-electron chi connectivity index (χ3n) is 2.00. The molecule has 1 heterocycles. The fourth-order valence-electron chi connectivity index (χ4n) is 1.16. The number of rotatable bonds is 7. The zero-order valence-corrected chi connectivity index (χ0v) is 10.0. The van der Waals surface area contributed by atoms with Gasteiger partial charge in [0.1, 0.15) is 12.1 Å². The van der Waals surface area contributed by atoms with E-state index in [4.69, 9.17) is 19.7 Å². The smallest absolute Gasteiger partial charge is 0.252 e. The van der Waals surface area contributed by atoms with Gasteiger partial charge < -0.3 is 19.7 Å². The van der Waals surface area contributed by atoms with Gasteiger partial charge in [-0.2, -0.15) is 4.98 Å². The standard InChI is InChI=1S/C10H19N3O3/c1-4-5-15-7-10(2,11)9-12-8(6-14-3)16-13-9/h4-7,11H2,1-3H3. The Morgan fingerprint density at radius 2 is 2.25 bits per heavy atom. The van der Waals surface area contributed by atoms with E-state index in [9.17, 15) is 0 Å². The fourth-order valence-corrected chi connectivity index (χ4v) is 1.16. The number of nitrogens with two attached hydrogens (primary N) is 1. The lowest BCUT2D eigenvalue weighted by Crippen LogP contribution is -2.39. The highest BCUT2D eigenvalue weighted by Gasteiger charge is 2.27. The van der Waals surface area contributed by atoms with Crippen LogP contribution in [-0.2, 0) is 21.6 Å². The van der Waals surface area contributed by atoms with E-state index in [0.29, 0.717) is 31.5 Å². The predicted octanol–water partition coefficient (Wildman–Crippen LogP) is 0.816. The van der Waals surface area contributed by atoms with Crippen LogP contribution in [0.15, 0.2) is 4.52 Å². The molecule has 0 radical (unpaired) electrons. The van der Waals surface area contributed by atoms with E-state index >= 15 is 0 Å². The fraction of sp³-hybridized carbons (Fsp3) is 0.800. The van der Waals surface area contributed by atoms with Crippen LogP contribution in [0.3, 0.4) is 0 Å². The number of methoxy groups -OCH3 is 1. The van der Waals surface area contributed by atoms with Crippen molar-refractivity contribution in [1.29, 1.82) is 0 Å². The molecular formula is C10H19N3O3. The average Bonchev–Trinajstić information content (AvgIpc) is 2.68. The molecule has 0 saturated heterocycles. The van der Waals surface area contributed by atoms with Crippen LogP contribution >= 0.6 is 0 Å². The Balaban J connectivity index is 2.58. The van der Waals surface area contributed by atoms with Gasteiger partial charge >= 0.3 is 0 Å². The van der Waals surface area contributed by atoms with Crippen molar-refractivity contribution in [2.75, 3.05) is 20.3 Å². The monoisotopic (exact) mass is 229 g/mol. The van der Waals surface area contributed by atoms with Crippen LogP contribution in [0, 0.1) is 0 Å². The lowest BCUT2D eigenvalue weighted by atomic mass is 10.1. The van der Waals surface area contributed by atoms with Crippen LogP contribution in [-0.4, -0.2) is 30.5 Å². The van der Waals surface area contributed by atoms with E-state index in [1.54, 1.807) is 7.11 Å². The second-order valence-corrected chi connectivity index (χ2v) is 3.91. The first-order valence-corrected chi connectivity index (χ1v) is 5.28. The summed E-state index contributed by atoms with van der Waals surface area (Å²) < 4.78 is 15.3. The highest BCUT2D eigenvalue weighted by molar-refractivity contribution is 5.01. The number of ether oxygens (including phenoxy) is 2. The van der Waals surface area contributed by atoms with Gasteiger partial charge in [0.15, 0.2) is 5.82 Å². The molecule has 0 aliphatic rings. The maximum absolute atomic E-state index is 6.04. The van der Waals surface area contributed by atoms with Crippen molar-refractivity contribution >= 4 is 0 Å². The van der Waals surface area contributed by atoms with Crippen LogP contribution in [0.2, 0.25) is 0 Å². The topological polar surface area (TPSA) is 83.4 Å². The zero-order chi connectivity index (χ0) is 12.0. The summed E-state index contributed by atoms with van der Waals surface area (Å²) >= 11 is 0. The first-order chi connectivity index (χ1) is 7.60. The van der Waals surface area contributed by atoms with Gasteiger partial charge in [0.2, 0.25) is 0 Å². The molecule has 0 fully saturated rings. The molecule has 0 spiro atoms. The molecule has 2 N–H and O–H groups in total. The van der Waals surface area contributed by atoms with Gasteiger partial charge in [0.05, 0.1) is 6.61 Å². The summed E-state index contributed by atoms with van der Waals surface area (Å²) in [5, 5.41) is 3.81. The summed E-state index contributed by atoms with van der Waals surface area (Å²) in [4.78, 5) is 4.14. The highest BCUT2D eigenvalue weighted by Crippen LogP contribution is 2.15. The summed E-state index contributed by atoms with van der Waals surface area (Å²) in [7, 11) is 1.57. The molecule has 16 heavy (non-hydrogen) atoms. The van der Waals surface area contributed by atoms with Crippen LogP contribution in [0.25, 0.3) is 0 Å². The van der Waals surface area contributed by atoms with E-state index in [1.165, 1.54) is 0 Å². The third kappa shape index (κ3) is 3.55. The predicted molar refractivity (Wildman–Crippen MR) is 57.7 cm³/mol. The van der Waals surface area contributed by atoms with Crippen LogP contribution in [0.1, 0.15) is 32.0 Å². The van der Waals surface area contributed by atoms with E-state index in [2.05, 4.69) is 10.1 Å². The molecule has 0 aliphatic carbocycles. The van der Waals surface area contributed by atoms with Gasteiger partial charge in [0, 0.05) is 13.7 Å². The van der Waals surface area contributed by atoms with Gasteiger partial charge in [0.25, 0.3) is 5.89 Å². The Bertz CT molecular complexity index is 312. The van der Waals surface area contributed by atoms with Crippen molar-refractivity contribution in [1.82, 2.24) is 10.1 Å². The first kappa shape index (κ1) is 13.1. The second-order valence-electron chi connectivity index (χ2n) is 3.91. The lowest BCUT2D eigenvalue weighted by Gasteiger charge is -2.19. The highest BCUT2D eigenvalue weighted by atomic mass is 16.5. The Kier molecular flexibility index (Phi) is 4.85. The van der Waals surface area contributed by atoms with Crippen molar-refractivity contribution in [2.45, 2.75) is 32.4 Å². The molecule has 0 aromatic carbocycles. The maximum Gasteiger partial charge on any atom is 0.252 e. The Hall–Kier alpha value is -0.980. The SMILES string of the molecule is CCCOCC(C)(N)c1noc(COC)n1. The van der Waals surface area contributed by atoms with Crippen molar-refractivity contribution in [2.24, 2.45) is 5.73 Å². The minimum absolute atomic E-state index is 0.291. The Morgan fingerprint density at radius 3 is 2.88 bits per heavy atom. The normalized spacial score (nSPS) is 15.0. The molecule has 1 aromatic heterocycles. The van der Waals surface area contributed by atoms with Crippen LogP contribution < -0.4 is 5.73 Å². The van der Waals surface area contributed by atoms with Gasteiger partial charge in [-0.3, -0.25) is 0 Å². The van der Waals surface area contributed by atoms with Crippen LogP contribution in [0.5, 0.6) is 0 Å². The van der Waals surface area contributed by atoms with Crippen LogP contribution in [0.4, 0.5) is 0 Å². The molecule has 6 heteroatoms. The van der Waals surface area contributed by atoms with Crippen molar-refractivity contribution in [3.63, 3.8) is 0 Å². The summed E-state index contributed by atoms with van der Waals surface area (Å²) in [5.41, 5.74) is 5.31.